The lowest BCUT2D eigenvalue weighted by atomic mass is 9.98. The molecule has 1 N–H and O–H groups in total. The lowest BCUT2D eigenvalue weighted by molar-refractivity contribution is 0.449. The summed E-state index contributed by atoms with van der Waals surface area (Å²) in [6.45, 7) is 11.9. The summed E-state index contributed by atoms with van der Waals surface area (Å²) in [4.78, 5) is 10.1. The van der Waals surface area contributed by atoms with E-state index in [1.165, 1.54) is 9.88 Å². The molecule has 5 heteroatoms. The number of aryl methyl sites for hydroxylation is 2. The summed E-state index contributed by atoms with van der Waals surface area (Å²) in [5.41, 5.74) is 1.09. The molecule has 19 heavy (non-hydrogen) atoms. The maximum Gasteiger partial charge on any atom is 0.208 e. The number of hydrogen-bond acceptors (Lipinski definition) is 5. The number of aromatic nitrogens is 2. The zero-order valence-electron chi connectivity index (χ0n) is 12.2. The Hall–Kier alpha value is -1.20. The maximum absolute atomic E-state index is 5.53. The lowest BCUT2D eigenvalue weighted by Gasteiger charge is -2.13. The first-order valence-electron chi connectivity index (χ1n) is 6.45. The van der Waals surface area contributed by atoms with E-state index in [-0.39, 0.29) is 5.41 Å². The third kappa shape index (κ3) is 3.64. The molecule has 0 saturated heterocycles. The summed E-state index contributed by atoms with van der Waals surface area (Å²) in [5.74, 6) is 1.64. The number of oxazole rings is 1. The van der Waals surface area contributed by atoms with E-state index in [4.69, 9.17) is 4.42 Å². The number of hydrogen-bond donors (Lipinski definition) is 1. The van der Waals surface area contributed by atoms with Crippen LogP contribution in [0.3, 0.4) is 0 Å². The molecule has 0 bridgehead atoms. The first-order valence-corrected chi connectivity index (χ1v) is 7.26. The predicted molar refractivity (Wildman–Crippen MR) is 77.3 cm³/mol. The second-order valence-corrected chi connectivity index (χ2v) is 6.85. The van der Waals surface area contributed by atoms with E-state index in [1.807, 2.05) is 20.0 Å². The molecule has 0 unspecified atom stereocenters. The standard InChI is InChI=1S/C14H21N3OS/c1-9-10(2)18-12(17-9)8-15-6-11-7-16-13(19-11)14(3,4)5/h7,15H,6,8H2,1-5H3. The SMILES string of the molecule is Cc1nc(CNCc2cnc(C(C)(C)C)s2)oc1C. The van der Waals surface area contributed by atoms with Crippen LogP contribution in [0.2, 0.25) is 0 Å². The molecule has 4 nitrogen and oxygen atoms in total. The topological polar surface area (TPSA) is 51.0 Å². The third-order valence-corrected chi connectivity index (χ3v) is 4.27. The predicted octanol–water partition coefficient (Wildman–Crippen LogP) is 3.34. The van der Waals surface area contributed by atoms with E-state index in [0.717, 1.165) is 23.9 Å². The average Bonchev–Trinajstić information content (AvgIpc) is 2.87. The largest absolute Gasteiger partial charge is 0.444 e. The van der Waals surface area contributed by atoms with Crippen LogP contribution in [0.15, 0.2) is 10.6 Å². The first-order chi connectivity index (χ1) is 8.86. The van der Waals surface area contributed by atoms with Crippen LogP contribution in [0.25, 0.3) is 0 Å². The molecule has 0 amide bonds. The highest BCUT2D eigenvalue weighted by Crippen LogP contribution is 2.26. The second-order valence-electron chi connectivity index (χ2n) is 5.73. The van der Waals surface area contributed by atoms with Crippen LogP contribution < -0.4 is 5.32 Å². The van der Waals surface area contributed by atoms with Gasteiger partial charge in [-0.25, -0.2) is 9.97 Å². The molecule has 0 spiro atoms. The summed E-state index contributed by atoms with van der Waals surface area (Å²) < 4.78 is 5.53. The van der Waals surface area contributed by atoms with Crippen molar-refractivity contribution in [3.63, 3.8) is 0 Å². The van der Waals surface area contributed by atoms with Crippen LogP contribution in [-0.2, 0) is 18.5 Å². The van der Waals surface area contributed by atoms with Gasteiger partial charge >= 0.3 is 0 Å². The summed E-state index contributed by atoms with van der Waals surface area (Å²) >= 11 is 1.76. The Morgan fingerprint density at radius 3 is 2.53 bits per heavy atom. The minimum atomic E-state index is 0.125. The fourth-order valence-corrected chi connectivity index (χ4v) is 2.58. The van der Waals surface area contributed by atoms with E-state index in [0.29, 0.717) is 6.54 Å². The number of nitrogens with zero attached hydrogens (tertiary/aromatic N) is 2. The number of thiazole rings is 1. The van der Waals surface area contributed by atoms with E-state index >= 15 is 0 Å². The molecule has 0 aromatic carbocycles. The van der Waals surface area contributed by atoms with Gasteiger partial charge in [-0.3, -0.25) is 0 Å². The summed E-state index contributed by atoms with van der Waals surface area (Å²) in [6, 6.07) is 0. The van der Waals surface area contributed by atoms with Crippen LogP contribution >= 0.6 is 11.3 Å². The van der Waals surface area contributed by atoms with E-state index in [9.17, 15) is 0 Å². The Kier molecular flexibility index (Phi) is 4.06. The lowest BCUT2D eigenvalue weighted by Crippen LogP contribution is -2.12. The average molecular weight is 279 g/mol. The fourth-order valence-electron chi connectivity index (χ4n) is 1.64. The van der Waals surface area contributed by atoms with Crippen molar-refractivity contribution in [2.75, 3.05) is 0 Å². The van der Waals surface area contributed by atoms with Gasteiger partial charge in [-0.05, 0) is 13.8 Å². The van der Waals surface area contributed by atoms with Crippen LogP contribution in [0.1, 0.15) is 48.0 Å². The van der Waals surface area contributed by atoms with Crippen LogP contribution in [0.4, 0.5) is 0 Å². The van der Waals surface area contributed by atoms with Gasteiger partial charge in [0.1, 0.15) is 5.76 Å². The van der Waals surface area contributed by atoms with Crippen LogP contribution in [0, 0.1) is 13.8 Å². The maximum atomic E-state index is 5.53. The van der Waals surface area contributed by atoms with Crippen molar-refractivity contribution in [2.24, 2.45) is 0 Å². The monoisotopic (exact) mass is 279 g/mol. The molecule has 0 atom stereocenters. The smallest absolute Gasteiger partial charge is 0.208 e. The molecule has 2 aromatic heterocycles. The molecule has 2 aromatic rings. The van der Waals surface area contributed by atoms with Crippen molar-refractivity contribution >= 4 is 11.3 Å². The Balaban J connectivity index is 1.87. The molecule has 0 aliphatic rings. The molecular formula is C14H21N3OS. The quantitative estimate of drug-likeness (QED) is 0.932. The van der Waals surface area contributed by atoms with E-state index in [1.54, 1.807) is 11.3 Å². The molecule has 0 aliphatic heterocycles. The van der Waals surface area contributed by atoms with Gasteiger partial charge in [-0.2, -0.15) is 0 Å². The molecule has 0 aliphatic carbocycles. The fraction of sp³-hybridized carbons (Fsp3) is 0.571. The van der Waals surface area contributed by atoms with E-state index in [2.05, 4.69) is 36.1 Å². The highest BCUT2D eigenvalue weighted by atomic mass is 32.1. The Labute approximate surface area is 118 Å². The summed E-state index contributed by atoms with van der Waals surface area (Å²) in [7, 11) is 0. The van der Waals surface area contributed by atoms with Gasteiger partial charge in [-0.15, -0.1) is 11.3 Å². The minimum absolute atomic E-state index is 0.125. The number of nitrogens with one attached hydrogen (secondary N) is 1. The normalized spacial score (nSPS) is 12.1. The Morgan fingerprint density at radius 2 is 2.00 bits per heavy atom. The third-order valence-electron chi connectivity index (χ3n) is 2.84. The molecule has 2 heterocycles. The van der Waals surface area contributed by atoms with Crippen molar-refractivity contribution < 1.29 is 4.42 Å². The summed E-state index contributed by atoms with van der Waals surface area (Å²) in [5, 5.41) is 4.51. The zero-order valence-corrected chi connectivity index (χ0v) is 13.0. The molecule has 0 fully saturated rings. The minimum Gasteiger partial charge on any atom is -0.444 e. The molecule has 104 valence electrons. The first kappa shape index (κ1) is 14.2. The van der Waals surface area contributed by atoms with Crippen LogP contribution in [-0.4, -0.2) is 9.97 Å². The van der Waals surface area contributed by atoms with Crippen molar-refractivity contribution in [1.29, 1.82) is 0 Å². The highest BCUT2D eigenvalue weighted by Gasteiger charge is 2.17. The Morgan fingerprint density at radius 1 is 1.26 bits per heavy atom. The van der Waals surface area contributed by atoms with Gasteiger partial charge in [0.2, 0.25) is 5.89 Å². The van der Waals surface area contributed by atoms with Crippen molar-refractivity contribution in [3.8, 4) is 0 Å². The van der Waals surface area contributed by atoms with Crippen molar-refractivity contribution in [2.45, 2.75) is 53.1 Å². The van der Waals surface area contributed by atoms with Gasteiger partial charge < -0.3 is 9.73 Å². The molecular weight excluding hydrogens is 258 g/mol. The second kappa shape index (κ2) is 5.43. The van der Waals surface area contributed by atoms with Gasteiger partial charge in [0, 0.05) is 23.0 Å². The van der Waals surface area contributed by atoms with Gasteiger partial charge in [0.05, 0.1) is 17.2 Å². The molecule has 0 radical (unpaired) electrons. The van der Waals surface area contributed by atoms with Crippen LogP contribution in [0.5, 0.6) is 0 Å². The summed E-state index contributed by atoms with van der Waals surface area (Å²) in [6.07, 6.45) is 1.95. The van der Waals surface area contributed by atoms with Crippen molar-refractivity contribution in [1.82, 2.24) is 15.3 Å². The van der Waals surface area contributed by atoms with E-state index < -0.39 is 0 Å². The van der Waals surface area contributed by atoms with Gasteiger partial charge in [-0.1, -0.05) is 20.8 Å². The Bertz CT molecular complexity index is 532. The molecule has 0 saturated carbocycles. The van der Waals surface area contributed by atoms with Gasteiger partial charge in [0.15, 0.2) is 0 Å². The van der Waals surface area contributed by atoms with Crippen molar-refractivity contribution in [3.05, 3.63) is 33.4 Å². The highest BCUT2D eigenvalue weighted by molar-refractivity contribution is 7.11. The molecule has 2 rings (SSSR count). The number of rotatable bonds is 4. The van der Waals surface area contributed by atoms with Gasteiger partial charge in [0.25, 0.3) is 0 Å². The zero-order chi connectivity index (χ0) is 14.0.